The number of hydrogen-bond acceptors (Lipinski definition) is 5. The number of rotatable bonds is 4. The van der Waals surface area contributed by atoms with Crippen molar-refractivity contribution in [2.75, 3.05) is 0 Å². The summed E-state index contributed by atoms with van der Waals surface area (Å²) >= 11 is 0. The fourth-order valence-corrected chi connectivity index (χ4v) is 2.38. The first-order chi connectivity index (χ1) is 11.5. The van der Waals surface area contributed by atoms with E-state index in [2.05, 4.69) is 15.4 Å². The van der Waals surface area contributed by atoms with Gasteiger partial charge in [0.05, 0.1) is 6.54 Å². The lowest BCUT2D eigenvalue weighted by Gasteiger charge is -2.09. The van der Waals surface area contributed by atoms with Crippen molar-refractivity contribution in [2.45, 2.75) is 20.4 Å². The zero-order valence-corrected chi connectivity index (χ0v) is 13.2. The normalized spacial score (nSPS) is 10.8. The van der Waals surface area contributed by atoms with E-state index in [0.717, 1.165) is 0 Å². The molecular weight excluding hydrogens is 310 g/mol. The molecule has 0 aliphatic heterocycles. The monoisotopic (exact) mass is 325 g/mol. The molecule has 0 unspecified atom stereocenters. The minimum atomic E-state index is -1.24. The van der Waals surface area contributed by atoms with Crippen LogP contribution in [0.1, 0.15) is 22.8 Å². The lowest BCUT2D eigenvalue weighted by molar-refractivity contribution is 0.0693. The van der Waals surface area contributed by atoms with Crippen LogP contribution in [0.2, 0.25) is 0 Å². The second-order valence-electron chi connectivity index (χ2n) is 5.21. The van der Waals surface area contributed by atoms with Crippen LogP contribution in [-0.2, 0) is 6.54 Å². The van der Waals surface area contributed by atoms with E-state index >= 15 is 0 Å². The van der Waals surface area contributed by atoms with E-state index in [4.69, 9.17) is 0 Å². The summed E-state index contributed by atoms with van der Waals surface area (Å²) in [6.45, 7) is 4.10. The van der Waals surface area contributed by atoms with Crippen molar-refractivity contribution in [1.29, 1.82) is 0 Å². The van der Waals surface area contributed by atoms with Crippen molar-refractivity contribution in [3.05, 3.63) is 58.0 Å². The Morgan fingerprint density at radius 3 is 2.75 bits per heavy atom. The van der Waals surface area contributed by atoms with Crippen LogP contribution in [0, 0.1) is 6.92 Å². The highest BCUT2D eigenvalue weighted by Crippen LogP contribution is 2.18. The third kappa shape index (κ3) is 2.69. The van der Waals surface area contributed by atoms with Gasteiger partial charge in [-0.2, -0.15) is 4.80 Å². The van der Waals surface area contributed by atoms with Gasteiger partial charge in [0.2, 0.25) is 5.82 Å². The molecule has 0 aliphatic carbocycles. The predicted octanol–water partition coefficient (Wildman–Crippen LogP) is 1.52. The summed E-state index contributed by atoms with van der Waals surface area (Å²) in [7, 11) is 0. The molecular formula is C16H15N5O3. The Kier molecular flexibility index (Phi) is 3.95. The zero-order chi connectivity index (χ0) is 17.3. The van der Waals surface area contributed by atoms with Crippen LogP contribution >= 0.6 is 0 Å². The smallest absolute Gasteiger partial charge is 0.341 e. The van der Waals surface area contributed by atoms with Crippen LogP contribution in [-0.4, -0.2) is 35.9 Å². The molecule has 122 valence electrons. The molecule has 0 aliphatic rings. The molecule has 24 heavy (non-hydrogen) atoms. The highest BCUT2D eigenvalue weighted by atomic mass is 16.4. The zero-order valence-electron chi connectivity index (χ0n) is 13.2. The van der Waals surface area contributed by atoms with Crippen LogP contribution in [0.25, 0.3) is 17.1 Å². The Morgan fingerprint density at radius 2 is 2.08 bits per heavy atom. The Bertz CT molecular complexity index is 974. The van der Waals surface area contributed by atoms with Gasteiger partial charge in [0, 0.05) is 17.4 Å². The average Bonchev–Trinajstić information content (AvgIpc) is 3.04. The molecule has 0 saturated heterocycles. The standard InChI is InChI=1S/C16H15N5O3/c1-3-21-18-14(17-19-21)11-5-4-6-12(9-11)20-8-7-10(2)13(15(20)22)16(23)24/h4-9H,3H2,1-2H3,(H,23,24). The van der Waals surface area contributed by atoms with Crippen molar-refractivity contribution in [3.63, 3.8) is 0 Å². The fraction of sp³-hybridized carbons (Fsp3) is 0.188. The van der Waals surface area contributed by atoms with Gasteiger partial charge in [-0.3, -0.25) is 9.36 Å². The number of hydrogen-bond donors (Lipinski definition) is 1. The minimum Gasteiger partial charge on any atom is -0.477 e. The van der Waals surface area contributed by atoms with Crippen molar-refractivity contribution >= 4 is 5.97 Å². The van der Waals surface area contributed by atoms with E-state index in [0.29, 0.717) is 29.2 Å². The largest absolute Gasteiger partial charge is 0.477 e. The van der Waals surface area contributed by atoms with E-state index in [-0.39, 0.29) is 5.56 Å². The second-order valence-corrected chi connectivity index (χ2v) is 5.21. The number of nitrogens with zero attached hydrogens (tertiary/aromatic N) is 5. The van der Waals surface area contributed by atoms with Crippen molar-refractivity contribution in [1.82, 2.24) is 24.8 Å². The SMILES string of the molecule is CCn1nnc(-c2cccc(-n3ccc(C)c(C(=O)O)c3=O)c2)n1. The molecule has 1 aromatic carbocycles. The molecule has 2 heterocycles. The molecule has 8 heteroatoms. The topological polar surface area (TPSA) is 103 Å². The van der Waals surface area contributed by atoms with E-state index in [1.807, 2.05) is 6.92 Å². The maximum atomic E-state index is 12.5. The molecule has 0 radical (unpaired) electrons. The highest BCUT2D eigenvalue weighted by molar-refractivity contribution is 5.88. The Hall–Kier alpha value is -3.29. The van der Waals surface area contributed by atoms with Gasteiger partial charge in [0.25, 0.3) is 5.56 Å². The van der Waals surface area contributed by atoms with E-state index < -0.39 is 11.5 Å². The molecule has 0 fully saturated rings. The van der Waals surface area contributed by atoms with Crippen LogP contribution in [0.4, 0.5) is 0 Å². The molecule has 3 aromatic rings. The summed E-state index contributed by atoms with van der Waals surface area (Å²) < 4.78 is 1.30. The van der Waals surface area contributed by atoms with Gasteiger partial charge in [0.15, 0.2) is 0 Å². The average molecular weight is 325 g/mol. The fourth-order valence-electron chi connectivity index (χ4n) is 2.38. The van der Waals surface area contributed by atoms with Gasteiger partial charge in [-0.15, -0.1) is 10.2 Å². The molecule has 3 rings (SSSR count). The number of tetrazole rings is 1. The predicted molar refractivity (Wildman–Crippen MR) is 86.2 cm³/mol. The second kappa shape index (κ2) is 6.07. The Balaban J connectivity index is 2.11. The minimum absolute atomic E-state index is 0.238. The number of benzene rings is 1. The lowest BCUT2D eigenvalue weighted by atomic mass is 10.1. The van der Waals surface area contributed by atoms with E-state index in [1.165, 1.54) is 9.36 Å². The summed E-state index contributed by atoms with van der Waals surface area (Å²) in [5.74, 6) is -0.798. The van der Waals surface area contributed by atoms with Gasteiger partial charge in [-0.25, -0.2) is 4.79 Å². The Morgan fingerprint density at radius 1 is 1.29 bits per heavy atom. The lowest BCUT2D eigenvalue weighted by Crippen LogP contribution is -2.26. The summed E-state index contributed by atoms with van der Waals surface area (Å²) in [4.78, 5) is 25.2. The number of carboxylic acid groups (broad SMARTS) is 1. The summed E-state index contributed by atoms with van der Waals surface area (Å²) in [6.07, 6.45) is 1.56. The maximum absolute atomic E-state index is 12.5. The molecule has 0 saturated carbocycles. The first-order valence-electron chi connectivity index (χ1n) is 7.35. The van der Waals surface area contributed by atoms with Crippen LogP contribution < -0.4 is 5.56 Å². The third-order valence-electron chi connectivity index (χ3n) is 3.63. The molecule has 2 aromatic heterocycles. The Labute approximate surface area is 137 Å². The number of aryl methyl sites for hydroxylation is 2. The summed E-state index contributed by atoms with van der Waals surface area (Å²) in [5, 5.41) is 21.3. The first-order valence-corrected chi connectivity index (χ1v) is 7.35. The van der Waals surface area contributed by atoms with Gasteiger partial charge < -0.3 is 5.11 Å². The van der Waals surface area contributed by atoms with Crippen molar-refractivity contribution in [3.8, 4) is 17.1 Å². The number of carbonyl (C=O) groups is 1. The van der Waals surface area contributed by atoms with Crippen LogP contribution in [0.3, 0.4) is 0 Å². The molecule has 1 N–H and O–H groups in total. The van der Waals surface area contributed by atoms with Gasteiger partial charge in [-0.1, -0.05) is 12.1 Å². The van der Waals surface area contributed by atoms with Gasteiger partial charge in [-0.05, 0) is 42.8 Å². The van der Waals surface area contributed by atoms with Gasteiger partial charge >= 0.3 is 5.97 Å². The molecule has 0 atom stereocenters. The summed E-state index contributed by atoms with van der Waals surface area (Å²) in [5.41, 5.74) is 0.833. The summed E-state index contributed by atoms with van der Waals surface area (Å²) in [6, 6.07) is 8.60. The van der Waals surface area contributed by atoms with Gasteiger partial charge in [0.1, 0.15) is 5.56 Å². The first kappa shape index (κ1) is 15.6. The molecule has 8 nitrogen and oxygen atoms in total. The van der Waals surface area contributed by atoms with E-state index in [9.17, 15) is 14.7 Å². The van der Waals surface area contributed by atoms with E-state index in [1.54, 1.807) is 43.5 Å². The molecule has 0 amide bonds. The number of aromatic nitrogens is 5. The number of carboxylic acids is 1. The van der Waals surface area contributed by atoms with Crippen molar-refractivity contribution in [2.24, 2.45) is 0 Å². The third-order valence-corrected chi connectivity index (χ3v) is 3.63. The molecule has 0 spiro atoms. The van der Waals surface area contributed by atoms with Crippen molar-refractivity contribution < 1.29 is 9.90 Å². The number of pyridine rings is 1. The highest BCUT2D eigenvalue weighted by Gasteiger charge is 2.15. The quantitative estimate of drug-likeness (QED) is 0.780. The number of aromatic carboxylic acids is 1. The van der Waals surface area contributed by atoms with Crippen LogP contribution in [0.15, 0.2) is 41.3 Å². The van der Waals surface area contributed by atoms with Crippen LogP contribution in [0.5, 0.6) is 0 Å². The molecule has 0 bridgehead atoms. The maximum Gasteiger partial charge on any atom is 0.341 e.